The maximum Gasteiger partial charge on any atom is 0.232 e. The largest absolute Gasteiger partial charge is 0.356 e. The average Bonchev–Trinajstić information content (AvgIpc) is 2.69. The van der Waals surface area contributed by atoms with Crippen LogP contribution in [0.1, 0.15) is 57.4 Å². The second kappa shape index (κ2) is 11.6. The summed E-state index contributed by atoms with van der Waals surface area (Å²) < 4.78 is 25.8. The molecule has 0 spiro atoms. The van der Waals surface area contributed by atoms with Crippen LogP contribution >= 0.6 is 0 Å². The summed E-state index contributed by atoms with van der Waals surface area (Å²) in [6.45, 7) is 7.34. The van der Waals surface area contributed by atoms with Crippen LogP contribution in [0.4, 0.5) is 5.69 Å². The number of hydrogen-bond acceptors (Lipinski definition) is 4. The predicted molar refractivity (Wildman–Crippen MR) is 120 cm³/mol. The molecule has 1 aromatic carbocycles. The maximum atomic E-state index is 12.2. The van der Waals surface area contributed by atoms with E-state index < -0.39 is 10.0 Å². The normalized spacial score (nSPS) is 17.8. The lowest BCUT2D eigenvalue weighted by molar-refractivity contribution is -0.121. The van der Waals surface area contributed by atoms with Gasteiger partial charge in [-0.25, -0.2) is 8.42 Å². The van der Waals surface area contributed by atoms with E-state index in [0.717, 1.165) is 18.5 Å². The first-order chi connectivity index (χ1) is 13.8. The monoisotopic (exact) mass is 423 g/mol. The molecule has 1 atom stereocenters. The zero-order valence-corrected chi connectivity index (χ0v) is 19.0. The Morgan fingerprint density at radius 1 is 1.24 bits per heavy atom. The van der Waals surface area contributed by atoms with Crippen molar-refractivity contribution >= 4 is 21.6 Å². The molecule has 7 heteroatoms. The first kappa shape index (κ1) is 23.7. The van der Waals surface area contributed by atoms with Crippen molar-refractivity contribution in [3.05, 3.63) is 29.8 Å². The molecule has 1 heterocycles. The van der Waals surface area contributed by atoms with Gasteiger partial charge in [-0.15, -0.1) is 0 Å². The molecule has 29 heavy (non-hydrogen) atoms. The topological polar surface area (TPSA) is 69.7 Å². The van der Waals surface area contributed by atoms with Crippen LogP contribution in [0.3, 0.4) is 0 Å². The summed E-state index contributed by atoms with van der Waals surface area (Å²) in [5.41, 5.74) is 1.59. The summed E-state index contributed by atoms with van der Waals surface area (Å²) in [6.07, 6.45) is 8.10. The Balaban J connectivity index is 1.72. The van der Waals surface area contributed by atoms with Gasteiger partial charge in [0.1, 0.15) is 0 Å². The Kier molecular flexibility index (Phi) is 9.43. The van der Waals surface area contributed by atoms with Crippen LogP contribution in [0.25, 0.3) is 0 Å². The van der Waals surface area contributed by atoms with Crippen molar-refractivity contribution in [2.45, 2.75) is 64.8 Å². The number of amides is 1. The zero-order chi connectivity index (χ0) is 21.3. The molecule has 1 aliphatic heterocycles. The number of anilines is 1. The molecule has 0 radical (unpaired) electrons. The molecule has 0 bridgehead atoms. The van der Waals surface area contributed by atoms with E-state index in [2.05, 4.69) is 17.1 Å². The Bertz CT molecular complexity index is 751. The molecule has 6 nitrogen and oxygen atoms in total. The van der Waals surface area contributed by atoms with Crippen molar-refractivity contribution < 1.29 is 13.2 Å². The van der Waals surface area contributed by atoms with Crippen molar-refractivity contribution in [3.63, 3.8) is 0 Å². The van der Waals surface area contributed by atoms with Gasteiger partial charge in [0.2, 0.25) is 15.9 Å². The summed E-state index contributed by atoms with van der Waals surface area (Å²) in [7, 11) is -3.38. The highest BCUT2D eigenvalue weighted by molar-refractivity contribution is 7.92. The number of benzene rings is 1. The fraction of sp³-hybridized carbons (Fsp3) is 0.682. The molecular formula is C22H37N3O3S. The number of nitrogens with one attached hydrogen (secondary N) is 1. The van der Waals surface area contributed by atoms with Gasteiger partial charge in [-0.3, -0.25) is 9.10 Å². The van der Waals surface area contributed by atoms with E-state index in [9.17, 15) is 13.2 Å². The Labute approximate surface area is 176 Å². The Morgan fingerprint density at radius 2 is 2.00 bits per heavy atom. The molecule has 0 aliphatic carbocycles. The van der Waals surface area contributed by atoms with Crippen LogP contribution in [0.5, 0.6) is 0 Å². The highest BCUT2D eigenvalue weighted by atomic mass is 32.2. The van der Waals surface area contributed by atoms with Crippen LogP contribution in [0.15, 0.2) is 24.3 Å². The molecule has 1 saturated heterocycles. The number of rotatable bonds is 11. The van der Waals surface area contributed by atoms with Gasteiger partial charge < -0.3 is 10.2 Å². The second-order valence-electron chi connectivity index (χ2n) is 8.02. The number of carbonyl (C=O) groups excluding carboxylic acids is 1. The number of aryl methyl sites for hydroxylation is 1. The van der Waals surface area contributed by atoms with Crippen molar-refractivity contribution in [2.75, 3.05) is 36.7 Å². The number of hydrogen-bond donors (Lipinski definition) is 1. The van der Waals surface area contributed by atoms with E-state index in [0.29, 0.717) is 37.7 Å². The number of sulfonamides is 1. The van der Waals surface area contributed by atoms with E-state index in [1.165, 1.54) is 42.8 Å². The lowest BCUT2D eigenvalue weighted by Crippen LogP contribution is -2.40. The first-order valence-electron chi connectivity index (χ1n) is 10.9. The molecule has 0 aromatic heterocycles. The van der Waals surface area contributed by atoms with Crippen LogP contribution in [-0.4, -0.2) is 57.7 Å². The van der Waals surface area contributed by atoms with Gasteiger partial charge in [0, 0.05) is 32.1 Å². The molecule has 0 unspecified atom stereocenters. The van der Waals surface area contributed by atoms with Crippen LogP contribution < -0.4 is 9.62 Å². The lowest BCUT2D eigenvalue weighted by atomic mass is 10.00. The number of carbonyl (C=O) groups is 1. The fourth-order valence-corrected chi connectivity index (χ4v) is 5.13. The predicted octanol–water partition coefficient (Wildman–Crippen LogP) is 3.31. The Hall–Kier alpha value is -1.60. The molecule has 1 amide bonds. The molecule has 1 aliphatic rings. The minimum Gasteiger partial charge on any atom is -0.356 e. The van der Waals surface area contributed by atoms with Gasteiger partial charge >= 0.3 is 0 Å². The van der Waals surface area contributed by atoms with Crippen molar-refractivity contribution in [2.24, 2.45) is 0 Å². The standard InChI is InChI=1S/C22H37N3O3S/c1-4-20-12-7-8-16-24(20)17-10-15-23-22(26)14-9-18-25(29(3,27)28)21-13-6-5-11-19(21)2/h5-6,11,13,20H,4,7-10,12,14-18H2,1-3H3,(H,23,26)/t20-/m0/s1. The van der Waals surface area contributed by atoms with Crippen molar-refractivity contribution in [1.82, 2.24) is 10.2 Å². The minimum atomic E-state index is -3.38. The molecule has 0 saturated carbocycles. The molecule has 1 fully saturated rings. The summed E-state index contributed by atoms with van der Waals surface area (Å²) in [5.74, 6) is -0.00563. The van der Waals surface area contributed by atoms with Crippen molar-refractivity contribution in [1.29, 1.82) is 0 Å². The number of para-hydroxylation sites is 1. The number of nitrogens with zero attached hydrogens (tertiary/aromatic N) is 2. The molecule has 164 valence electrons. The van der Waals surface area contributed by atoms with Crippen molar-refractivity contribution in [3.8, 4) is 0 Å². The third-order valence-corrected chi connectivity index (χ3v) is 6.89. The Morgan fingerprint density at radius 3 is 2.69 bits per heavy atom. The molecule has 2 rings (SSSR count). The second-order valence-corrected chi connectivity index (χ2v) is 9.93. The maximum absolute atomic E-state index is 12.2. The first-order valence-corrected chi connectivity index (χ1v) is 12.7. The van der Waals surface area contributed by atoms with Gasteiger partial charge in [-0.2, -0.15) is 0 Å². The molecule has 1 N–H and O–H groups in total. The van der Waals surface area contributed by atoms with Gasteiger partial charge in [0.15, 0.2) is 0 Å². The fourth-order valence-electron chi connectivity index (χ4n) is 4.11. The summed E-state index contributed by atoms with van der Waals surface area (Å²) >= 11 is 0. The number of likely N-dealkylation sites (tertiary alicyclic amines) is 1. The van der Waals surface area contributed by atoms with Crippen LogP contribution in [0, 0.1) is 6.92 Å². The quantitative estimate of drug-likeness (QED) is 0.555. The third kappa shape index (κ3) is 7.63. The van der Waals surface area contributed by atoms with E-state index in [4.69, 9.17) is 0 Å². The van der Waals surface area contributed by atoms with Crippen LogP contribution in [0.2, 0.25) is 0 Å². The lowest BCUT2D eigenvalue weighted by Gasteiger charge is -2.35. The zero-order valence-electron chi connectivity index (χ0n) is 18.2. The van der Waals surface area contributed by atoms with Gasteiger partial charge in [-0.1, -0.05) is 31.5 Å². The van der Waals surface area contributed by atoms with E-state index in [1.54, 1.807) is 6.07 Å². The molecule has 1 aromatic rings. The SMILES string of the molecule is CC[C@H]1CCCCN1CCCNC(=O)CCCN(c1ccccc1C)S(C)(=O)=O. The highest BCUT2D eigenvalue weighted by Gasteiger charge is 2.20. The van der Waals surface area contributed by atoms with Gasteiger partial charge in [-0.05, 0) is 57.2 Å². The van der Waals surface area contributed by atoms with Gasteiger partial charge in [0.05, 0.1) is 11.9 Å². The highest BCUT2D eigenvalue weighted by Crippen LogP contribution is 2.22. The minimum absolute atomic E-state index is 0.00563. The smallest absolute Gasteiger partial charge is 0.232 e. The van der Waals surface area contributed by atoms with E-state index in [1.807, 2.05) is 25.1 Å². The summed E-state index contributed by atoms with van der Waals surface area (Å²) in [6, 6.07) is 8.12. The van der Waals surface area contributed by atoms with E-state index in [-0.39, 0.29) is 5.91 Å². The van der Waals surface area contributed by atoms with E-state index >= 15 is 0 Å². The van der Waals surface area contributed by atoms with Gasteiger partial charge in [0.25, 0.3) is 0 Å². The number of piperidine rings is 1. The molecular weight excluding hydrogens is 386 g/mol. The third-order valence-electron chi connectivity index (χ3n) is 5.71. The van der Waals surface area contributed by atoms with Crippen LogP contribution in [-0.2, 0) is 14.8 Å². The average molecular weight is 424 g/mol. The summed E-state index contributed by atoms with van der Waals surface area (Å²) in [5, 5.41) is 2.99. The summed E-state index contributed by atoms with van der Waals surface area (Å²) in [4.78, 5) is 14.7.